The molecule has 0 aliphatic carbocycles. The van der Waals surface area contributed by atoms with Gasteiger partial charge in [0, 0.05) is 11.3 Å². The molecule has 4 rings (SSSR count). The lowest BCUT2D eigenvalue weighted by Crippen LogP contribution is -2.23. The van der Waals surface area contributed by atoms with Crippen molar-refractivity contribution in [3.8, 4) is 0 Å². The Kier molecular flexibility index (Phi) is 6.50. The molecular weight excluding hydrogens is 404 g/mol. The lowest BCUT2D eigenvalue weighted by Gasteiger charge is -2.14. The summed E-state index contributed by atoms with van der Waals surface area (Å²) < 4.78 is 0. The monoisotopic (exact) mass is 424 g/mol. The Bertz CT molecular complexity index is 1240. The first-order valence-electron chi connectivity index (χ1n) is 9.71. The lowest BCUT2D eigenvalue weighted by molar-refractivity contribution is 0.0964. The number of carbonyl (C=O) groups is 1. The van der Waals surface area contributed by atoms with Crippen LogP contribution in [0.3, 0.4) is 0 Å². The van der Waals surface area contributed by atoms with Gasteiger partial charge in [-0.15, -0.1) is 11.8 Å². The highest BCUT2D eigenvalue weighted by Gasteiger charge is 2.16. The third-order valence-electron chi connectivity index (χ3n) is 4.55. The maximum Gasteiger partial charge on any atom is 0.276 e. The van der Waals surface area contributed by atoms with E-state index >= 15 is 0 Å². The van der Waals surface area contributed by atoms with E-state index in [0.717, 1.165) is 16.6 Å². The van der Waals surface area contributed by atoms with Crippen LogP contribution in [-0.4, -0.2) is 22.6 Å². The second-order valence-electron chi connectivity index (χ2n) is 6.67. The zero-order chi connectivity index (χ0) is 21.5. The molecule has 0 unspecified atom stereocenters. The van der Waals surface area contributed by atoms with Crippen molar-refractivity contribution in [1.29, 1.82) is 0 Å². The molecular formula is C25H20N4OS. The van der Waals surface area contributed by atoms with Crippen molar-refractivity contribution < 1.29 is 4.79 Å². The molecule has 1 heterocycles. The van der Waals surface area contributed by atoms with E-state index in [2.05, 4.69) is 27.0 Å². The van der Waals surface area contributed by atoms with Crippen LogP contribution in [0.2, 0.25) is 0 Å². The van der Waals surface area contributed by atoms with Crippen LogP contribution in [0.15, 0.2) is 101 Å². The fourth-order valence-corrected chi connectivity index (χ4v) is 4.00. The van der Waals surface area contributed by atoms with E-state index in [1.807, 2.05) is 84.9 Å². The molecule has 31 heavy (non-hydrogen) atoms. The SMILES string of the molecule is C=N/C(=C(/NC(=O)c1cnc2ccccc2n1)SCc1ccccc1)c1ccccc1. The Labute approximate surface area is 185 Å². The molecule has 1 aromatic heterocycles. The number of fused-ring (bicyclic) bond motifs is 1. The quantitative estimate of drug-likeness (QED) is 0.408. The number of aromatic nitrogens is 2. The molecule has 4 aromatic rings. The first-order chi connectivity index (χ1) is 15.2. The highest BCUT2D eigenvalue weighted by molar-refractivity contribution is 8.02. The lowest BCUT2D eigenvalue weighted by atomic mass is 10.2. The largest absolute Gasteiger partial charge is 0.313 e. The van der Waals surface area contributed by atoms with Crippen molar-refractivity contribution in [3.05, 3.63) is 113 Å². The first kappa shape index (κ1) is 20.5. The Morgan fingerprint density at radius 3 is 2.26 bits per heavy atom. The van der Waals surface area contributed by atoms with E-state index in [1.54, 1.807) is 0 Å². The van der Waals surface area contributed by atoms with Crippen LogP contribution in [0.25, 0.3) is 16.7 Å². The number of thioether (sulfide) groups is 1. The zero-order valence-corrected chi connectivity index (χ0v) is 17.5. The Morgan fingerprint density at radius 2 is 1.55 bits per heavy atom. The standard InChI is InChI=1S/C25H20N4OS/c1-26-23(19-12-6-3-7-13-19)25(31-17-18-10-4-2-5-11-18)29-24(30)22-16-27-20-14-8-9-15-21(20)28-22/h2-16H,1,17H2,(H,29,30)/b25-23-. The van der Waals surface area contributed by atoms with E-state index in [0.29, 0.717) is 22.0 Å². The van der Waals surface area contributed by atoms with Crippen molar-refractivity contribution in [2.75, 3.05) is 0 Å². The number of rotatable bonds is 7. The van der Waals surface area contributed by atoms with E-state index in [1.165, 1.54) is 18.0 Å². The van der Waals surface area contributed by atoms with E-state index in [9.17, 15) is 4.79 Å². The third kappa shape index (κ3) is 5.05. The van der Waals surface area contributed by atoms with Gasteiger partial charge in [-0.05, 0) is 24.4 Å². The van der Waals surface area contributed by atoms with Crippen LogP contribution in [0.4, 0.5) is 0 Å². The number of hydrogen-bond donors (Lipinski definition) is 1. The number of nitrogens with one attached hydrogen (secondary N) is 1. The van der Waals surface area contributed by atoms with E-state index in [-0.39, 0.29) is 11.6 Å². The van der Waals surface area contributed by atoms with Gasteiger partial charge in [-0.3, -0.25) is 14.8 Å². The number of nitrogens with zero attached hydrogens (tertiary/aromatic N) is 3. The van der Waals surface area contributed by atoms with Gasteiger partial charge in [0.2, 0.25) is 0 Å². The minimum absolute atomic E-state index is 0.244. The summed E-state index contributed by atoms with van der Waals surface area (Å²) in [5.74, 6) is 0.331. The number of aliphatic imine (C=N–C) groups is 1. The summed E-state index contributed by atoms with van der Waals surface area (Å²) in [5, 5.41) is 3.60. The Morgan fingerprint density at radius 1 is 0.903 bits per heavy atom. The van der Waals surface area contributed by atoms with Gasteiger partial charge in [-0.1, -0.05) is 72.8 Å². The molecule has 3 aromatic carbocycles. The normalized spacial score (nSPS) is 11.6. The van der Waals surface area contributed by atoms with Gasteiger partial charge in [-0.2, -0.15) is 0 Å². The number of para-hydroxylation sites is 2. The predicted octanol–water partition coefficient (Wildman–Crippen LogP) is 5.32. The van der Waals surface area contributed by atoms with E-state index in [4.69, 9.17) is 0 Å². The maximum absolute atomic E-state index is 13.0. The summed E-state index contributed by atoms with van der Waals surface area (Å²) >= 11 is 1.49. The second-order valence-corrected chi connectivity index (χ2v) is 7.66. The summed E-state index contributed by atoms with van der Waals surface area (Å²) in [4.78, 5) is 26.1. The molecule has 5 nitrogen and oxygen atoms in total. The van der Waals surface area contributed by atoms with Crippen molar-refractivity contribution >= 4 is 41.1 Å². The molecule has 0 radical (unpaired) electrons. The summed E-state index contributed by atoms with van der Waals surface area (Å²) in [6.45, 7) is 3.73. The fourth-order valence-electron chi connectivity index (χ4n) is 3.02. The van der Waals surface area contributed by atoms with Gasteiger partial charge in [0.25, 0.3) is 5.91 Å². The summed E-state index contributed by atoms with van der Waals surface area (Å²) in [6, 6.07) is 27.2. The number of hydrogen-bond acceptors (Lipinski definition) is 5. The van der Waals surface area contributed by atoms with Crippen LogP contribution in [0.1, 0.15) is 21.6 Å². The van der Waals surface area contributed by atoms with E-state index < -0.39 is 0 Å². The molecule has 1 amide bonds. The molecule has 0 aliphatic rings. The maximum atomic E-state index is 13.0. The van der Waals surface area contributed by atoms with Gasteiger partial charge >= 0.3 is 0 Å². The highest BCUT2D eigenvalue weighted by atomic mass is 32.2. The van der Waals surface area contributed by atoms with Crippen molar-refractivity contribution in [2.45, 2.75) is 5.75 Å². The summed E-state index contributed by atoms with van der Waals surface area (Å²) in [6.07, 6.45) is 1.49. The van der Waals surface area contributed by atoms with Crippen LogP contribution in [-0.2, 0) is 5.75 Å². The van der Waals surface area contributed by atoms with Crippen LogP contribution in [0.5, 0.6) is 0 Å². The summed E-state index contributed by atoms with van der Waals surface area (Å²) in [7, 11) is 0. The first-order valence-corrected chi connectivity index (χ1v) is 10.7. The predicted molar refractivity (Wildman–Crippen MR) is 128 cm³/mol. The van der Waals surface area contributed by atoms with Crippen LogP contribution < -0.4 is 5.32 Å². The number of amides is 1. The number of benzene rings is 3. The fraction of sp³-hybridized carbons (Fsp3) is 0.0400. The molecule has 0 atom stereocenters. The summed E-state index contributed by atoms with van der Waals surface area (Å²) in [5.41, 5.74) is 4.28. The Balaban J connectivity index is 1.66. The molecule has 0 saturated heterocycles. The topological polar surface area (TPSA) is 67.2 Å². The van der Waals surface area contributed by atoms with Gasteiger partial charge in [-0.25, -0.2) is 4.98 Å². The molecule has 6 heteroatoms. The van der Waals surface area contributed by atoms with Gasteiger partial charge in [0.15, 0.2) is 0 Å². The number of carbonyl (C=O) groups excluding carboxylic acids is 1. The van der Waals surface area contributed by atoms with Gasteiger partial charge < -0.3 is 5.32 Å². The molecule has 0 spiro atoms. The molecule has 0 aliphatic heterocycles. The molecule has 1 N–H and O–H groups in total. The average Bonchev–Trinajstić information content (AvgIpc) is 2.84. The minimum Gasteiger partial charge on any atom is -0.313 e. The van der Waals surface area contributed by atoms with Gasteiger partial charge in [0.05, 0.1) is 22.9 Å². The van der Waals surface area contributed by atoms with Gasteiger partial charge in [0.1, 0.15) is 10.7 Å². The second kappa shape index (κ2) is 9.82. The third-order valence-corrected chi connectivity index (χ3v) is 5.62. The molecule has 152 valence electrons. The minimum atomic E-state index is -0.342. The van der Waals surface area contributed by atoms with Crippen molar-refractivity contribution in [2.24, 2.45) is 4.99 Å². The van der Waals surface area contributed by atoms with Crippen LogP contribution >= 0.6 is 11.8 Å². The molecule has 0 fully saturated rings. The molecule has 0 saturated carbocycles. The zero-order valence-electron chi connectivity index (χ0n) is 16.7. The Hall–Kier alpha value is -3.77. The van der Waals surface area contributed by atoms with Crippen LogP contribution in [0, 0.1) is 0 Å². The smallest absolute Gasteiger partial charge is 0.276 e. The highest BCUT2D eigenvalue weighted by Crippen LogP contribution is 2.29. The van der Waals surface area contributed by atoms with Crippen molar-refractivity contribution in [1.82, 2.24) is 15.3 Å². The molecule has 0 bridgehead atoms. The average molecular weight is 425 g/mol. The van der Waals surface area contributed by atoms with Crippen molar-refractivity contribution in [3.63, 3.8) is 0 Å².